The first-order valence-electron chi connectivity index (χ1n) is 7.48. The minimum Gasteiger partial charge on any atom is -0.481 e. The SMILES string of the molecule is CSc1ccc(OC(C)C(=O)NCCC2CCNC2)cc1.Cl. The number of hydrogen-bond donors (Lipinski definition) is 2. The molecule has 0 spiro atoms. The first-order valence-corrected chi connectivity index (χ1v) is 8.70. The molecule has 4 nitrogen and oxygen atoms in total. The maximum Gasteiger partial charge on any atom is 0.260 e. The molecule has 1 fully saturated rings. The van der Waals surface area contributed by atoms with Gasteiger partial charge in [0, 0.05) is 11.4 Å². The number of benzene rings is 1. The third-order valence-electron chi connectivity index (χ3n) is 3.76. The number of carbonyl (C=O) groups is 1. The molecule has 0 saturated carbocycles. The van der Waals surface area contributed by atoms with Crippen LogP contribution in [0.15, 0.2) is 29.2 Å². The van der Waals surface area contributed by atoms with E-state index < -0.39 is 6.10 Å². The molecular formula is C16H25ClN2O2S. The highest BCUT2D eigenvalue weighted by molar-refractivity contribution is 7.98. The van der Waals surface area contributed by atoms with Crippen molar-refractivity contribution in [3.8, 4) is 5.75 Å². The summed E-state index contributed by atoms with van der Waals surface area (Å²) >= 11 is 1.69. The van der Waals surface area contributed by atoms with Gasteiger partial charge in [0.15, 0.2) is 6.10 Å². The molecule has 1 amide bonds. The standard InChI is InChI=1S/C16H24N2O2S.ClH/c1-12(20-14-3-5-15(21-2)6-4-14)16(19)18-10-8-13-7-9-17-11-13;/h3-6,12-13,17H,7-11H2,1-2H3,(H,18,19);1H. The summed E-state index contributed by atoms with van der Waals surface area (Å²) in [6.45, 7) is 4.69. The van der Waals surface area contributed by atoms with E-state index in [0.717, 1.165) is 31.8 Å². The molecule has 6 heteroatoms. The second kappa shape index (κ2) is 9.98. The van der Waals surface area contributed by atoms with Crippen molar-refractivity contribution in [2.24, 2.45) is 5.92 Å². The van der Waals surface area contributed by atoms with Crippen LogP contribution in [0.25, 0.3) is 0 Å². The Labute approximate surface area is 143 Å². The van der Waals surface area contributed by atoms with Crippen molar-refractivity contribution in [2.75, 3.05) is 25.9 Å². The Hall–Kier alpha value is -0.910. The third-order valence-corrected chi connectivity index (χ3v) is 4.50. The number of ether oxygens (including phenoxy) is 1. The molecule has 1 aliphatic rings. The number of rotatable bonds is 7. The Morgan fingerprint density at radius 2 is 2.18 bits per heavy atom. The number of amides is 1. The molecule has 0 aliphatic carbocycles. The van der Waals surface area contributed by atoms with Gasteiger partial charge in [-0.05, 0) is 69.3 Å². The van der Waals surface area contributed by atoms with Gasteiger partial charge in [0.05, 0.1) is 0 Å². The van der Waals surface area contributed by atoms with Crippen LogP contribution in [0.4, 0.5) is 0 Å². The van der Waals surface area contributed by atoms with Crippen molar-refractivity contribution in [2.45, 2.75) is 30.8 Å². The Morgan fingerprint density at radius 3 is 2.77 bits per heavy atom. The minimum absolute atomic E-state index is 0. The summed E-state index contributed by atoms with van der Waals surface area (Å²) in [5.74, 6) is 1.38. The molecule has 1 saturated heterocycles. The van der Waals surface area contributed by atoms with Crippen LogP contribution in [0, 0.1) is 5.92 Å². The van der Waals surface area contributed by atoms with E-state index in [1.165, 1.54) is 11.3 Å². The van der Waals surface area contributed by atoms with Crippen LogP contribution in [-0.4, -0.2) is 37.9 Å². The van der Waals surface area contributed by atoms with Crippen LogP contribution in [0.1, 0.15) is 19.8 Å². The van der Waals surface area contributed by atoms with Crippen molar-refractivity contribution < 1.29 is 9.53 Å². The topological polar surface area (TPSA) is 50.4 Å². The van der Waals surface area contributed by atoms with Crippen molar-refractivity contribution in [3.63, 3.8) is 0 Å². The van der Waals surface area contributed by atoms with Gasteiger partial charge in [-0.1, -0.05) is 0 Å². The van der Waals surface area contributed by atoms with Gasteiger partial charge >= 0.3 is 0 Å². The fourth-order valence-electron chi connectivity index (χ4n) is 2.42. The molecule has 1 aliphatic heterocycles. The molecule has 2 unspecified atom stereocenters. The maximum atomic E-state index is 12.0. The first kappa shape index (κ1) is 19.1. The highest BCUT2D eigenvalue weighted by Gasteiger charge is 2.17. The monoisotopic (exact) mass is 344 g/mol. The second-order valence-electron chi connectivity index (χ2n) is 5.37. The van der Waals surface area contributed by atoms with E-state index in [0.29, 0.717) is 5.92 Å². The summed E-state index contributed by atoms with van der Waals surface area (Å²) in [5.41, 5.74) is 0. The lowest BCUT2D eigenvalue weighted by atomic mass is 10.1. The predicted molar refractivity (Wildman–Crippen MR) is 94.2 cm³/mol. The average molecular weight is 345 g/mol. The van der Waals surface area contributed by atoms with Crippen molar-refractivity contribution in [1.29, 1.82) is 0 Å². The molecule has 1 aromatic carbocycles. The summed E-state index contributed by atoms with van der Waals surface area (Å²) < 4.78 is 5.66. The number of halogens is 1. The third kappa shape index (κ3) is 6.07. The van der Waals surface area contributed by atoms with E-state index >= 15 is 0 Å². The van der Waals surface area contributed by atoms with Crippen molar-refractivity contribution in [3.05, 3.63) is 24.3 Å². The van der Waals surface area contributed by atoms with E-state index in [9.17, 15) is 4.79 Å². The van der Waals surface area contributed by atoms with Gasteiger partial charge in [-0.3, -0.25) is 4.79 Å². The van der Waals surface area contributed by atoms with Gasteiger partial charge in [0.2, 0.25) is 0 Å². The Balaban J connectivity index is 0.00000242. The normalized spacial score (nSPS) is 18.4. The van der Waals surface area contributed by atoms with Gasteiger partial charge < -0.3 is 15.4 Å². The molecule has 0 bridgehead atoms. The van der Waals surface area contributed by atoms with Gasteiger partial charge in [-0.2, -0.15) is 0 Å². The lowest BCUT2D eigenvalue weighted by molar-refractivity contribution is -0.127. The largest absolute Gasteiger partial charge is 0.481 e. The number of thioether (sulfide) groups is 1. The molecule has 1 heterocycles. The van der Waals surface area contributed by atoms with Crippen LogP contribution in [0.3, 0.4) is 0 Å². The zero-order chi connectivity index (χ0) is 15.1. The second-order valence-corrected chi connectivity index (χ2v) is 6.25. The van der Waals surface area contributed by atoms with E-state index in [4.69, 9.17) is 4.74 Å². The maximum absolute atomic E-state index is 12.0. The Bertz CT molecular complexity index is 450. The van der Waals surface area contributed by atoms with Gasteiger partial charge in [-0.15, -0.1) is 24.2 Å². The molecule has 2 N–H and O–H groups in total. The summed E-state index contributed by atoms with van der Waals surface area (Å²) in [7, 11) is 0. The molecular weight excluding hydrogens is 320 g/mol. The van der Waals surface area contributed by atoms with Crippen molar-refractivity contribution >= 4 is 30.1 Å². The quantitative estimate of drug-likeness (QED) is 0.747. The first-order chi connectivity index (χ1) is 10.2. The fourth-order valence-corrected chi connectivity index (χ4v) is 2.82. The summed E-state index contributed by atoms with van der Waals surface area (Å²) in [6.07, 6.45) is 3.82. The molecule has 1 aromatic rings. The van der Waals surface area contributed by atoms with E-state index in [2.05, 4.69) is 10.6 Å². The molecule has 124 valence electrons. The van der Waals surface area contributed by atoms with Gasteiger partial charge in [0.25, 0.3) is 5.91 Å². The van der Waals surface area contributed by atoms with Crippen molar-refractivity contribution in [1.82, 2.24) is 10.6 Å². The van der Waals surface area contributed by atoms with Crippen LogP contribution in [0.2, 0.25) is 0 Å². The highest BCUT2D eigenvalue weighted by atomic mass is 35.5. The molecule has 22 heavy (non-hydrogen) atoms. The molecule has 0 radical (unpaired) electrons. The van der Waals surface area contributed by atoms with E-state index in [1.807, 2.05) is 30.5 Å². The lowest BCUT2D eigenvalue weighted by Crippen LogP contribution is -2.37. The molecule has 2 rings (SSSR count). The Morgan fingerprint density at radius 1 is 1.45 bits per heavy atom. The highest BCUT2D eigenvalue weighted by Crippen LogP contribution is 2.19. The average Bonchev–Trinajstić information content (AvgIpc) is 3.01. The molecule has 2 atom stereocenters. The van der Waals surface area contributed by atoms with Gasteiger partial charge in [-0.25, -0.2) is 0 Å². The summed E-state index contributed by atoms with van der Waals surface area (Å²) in [4.78, 5) is 13.2. The van der Waals surface area contributed by atoms with E-state index in [-0.39, 0.29) is 18.3 Å². The zero-order valence-electron chi connectivity index (χ0n) is 13.1. The Kier molecular flexibility index (Phi) is 8.68. The fraction of sp³-hybridized carbons (Fsp3) is 0.562. The summed E-state index contributed by atoms with van der Waals surface area (Å²) in [5, 5.41) is 6.29. The minimum atomic E-state index is -0.466. The van der Waals surface area contributed by atoms with Crippen LogP contribution in [0.5, 0.6) is 5.75 Å². The predicted octanol–water partition coefficient (Wildman–Crippen LogP) is 2.71. The van der Waals surface area contributed by atoms with Gasteiger partial charge in [0.1, 0.15) is 5.75 Å². The number of carbonyl (C=O) groups excluding carboxylic acids is 1. The zero-order valence-corrected chi connectivity index (χ0v) is 14.8. The smallest absolute Gasteiger partial charge is 0.260 e. The lowest BCUT2D eigenvalue weighted by Gasteiger charge is -2.16. The number of hydrogen-bond acceptors (Lipinski definition) is 4. The van der Waals surface area contributed by atoms with E-state index in [1.54, 1.807) is 18.7 Å². The number of nitrogens with one attached hydrogen (secondary N) is 2. The van der Waals surface area contributed by atoms with Crippen LogP contribution in [-0.2, 0) is 4.79 Å². The van der Waals surface area contributed by atoms with Crippen LogP contribution < -0.4 is 15.4 Å². The van der Waals surface area contributed by atoms with Crippen LogP contribution >= 0.6 is 24.2 Å². The summed E-state index contributed by atoms with van der Waals surface area (Å²) in [6, 6.07) is 7.80. The molecule has 0 aromatic heterocycles.